The van der Waals surface area contributed by atoms with E-state index in [-0.39, 0.29) is 17.7 Å². The third-order valence-corrected chi connectivity index (χ3v) is 2.66. The first-order valence-corrected chi connectivity index (χ1v) is 5.35. The summed E-state index contributed by atoms with van der Waals surface area (Å²) in [5, 5.41) is 2.72. The molecule has 4 nitrogen and oxygen atoms in total. The molecule has 1 saturated heterocycles. The van der Waals surface area contributed by atoms with Crippen molar-refractivity contribution >= 4 is 11.8 Å². The summed E-state index contributed by atoms with van der Waals surface area (Å²) < 4.78 is 0. The SMILES string of the molecule is C=CCN(CC)C(=O)C1CCC(=O)NC1. The largest absolute Gasteiger partial charge is 0.355 e. The highest BCUT2D eigenvalue weighted by molar-refractivity contribution is 5.83. The molecular formula is C11H18N2O2. The molecule has 1 unspecified atom stereocenters. The second-order valence-electron chi connectivity index (χ2n) is 3.71. The third-order valence-electron chi connectivity index (χ3n) is 2.66. The van der Waals surface area contributed by atoms with Crippen molar-refractivity contribution in [2.75, 3.05) is 19.6 Å². The molecule has 0 aliphatic carbocycles. The summed E-state index contributed by atoms with van der Waals surface area (Å²) in [6, 6.07) is 0. The van der Waals surface area contributed by atoms with Crippen molar-refractivity contribution in [3.63, 3.8) is 0 Å². The maximum Gasteiger partial charge on any atom is 0.227 e. The highest BCUT2D eigenvalue weighted by Crippen LogP contribution is 2.13. The molecule has 0 aromatic heterocycles. The number of hydrogen-bond acceptors (Lipinski definition) is 2. The Bertz CT molecular complexity index is 253. The van der Waals surface area contributed by atoms with E-state index in [4.69, 9.17) is 0 Å². The van der Waals surface area contributed by atoms with Crippen molar-refractivity contribution < 1.29 is 9.59 Å². The van der Waals surface area contributed by atoms with Crippen molar-refractivity contribution in [1.29, 1.82) is 0 Å². The van der Waals surface area contributed by atoms with Crippen molar-refractivity contribution in [3.8, 4) is 0 Å². The molecule has 2 amide bonds. The van der Waals surface area contributed by atoms with E-state index in [1.54, 1.807) is 11.0 Å². The molecule has 4 heteroatoms. The molecule has 1 N–H and O–H groups in total. The van der Waals surface area contributed by atoms with Crippen LogP contribution in [-0.4, -0.2) is 36.3 Å². The standard InChI is InChI=1S/C11H18N2O2/c1-3-7-13(4-2)11(15)9-5-6-10(14)12-8-9/h3,9H,1,4-8H2,2H3,(H,12,14). The van der Waals surface area contributed by atoms with Gasteiger partial charge in [0.2, 0.25) is 11.8 Å². The first-order valence-electron chi connectivity index (χ1n) is 5.35. The molecule has 1 rings (SSSR count). The fourth-order valence-corrected chi connectivity index (χ4v) is 1.73. The van der Waals surface area contributed by atoms with Crippen LogP contribution in [0.25, 0.3) is 0 Å². The fourth-order valence-electron chi connectivity index (χ4n) is 1.73. The maximum absolute atomic E-state index is 12.0. The lowest BCUT2D eigenvalue weighted by molar-refractivity contribution is -0.136. The zero-order valence-corrected chi connectivity index (χ0v) is 9.16. The van der Waals surface area contributed by atoms with Gasteiger partial charge < -0.3 is 10.2 Å². The summed E-state index contributed by atoms with van der Waals surface area (Å²) in [6.07, 6.45) is 2.85. The molecule has 1 heterocycles. The van der Waals surface area contributed by atoms with Gasteiger partial charge in [0.05, 0.1) is 5.92 Å². The highest BCUT2D eigenvalue weighted by atomic mass is 16.2. The molecule has 1 atom stereocenters. The fraction of sp³-hybridized carbons (Fsp3) is 0.636. The van der Waals surface area contributed by atoms with Crippen LogP contribution in [0.1, 0.15) is 19.8 Å². The predicted molar refractivity (Wildman–Crippen MR) is 58.2 cm³/mol. The van der Waals surface area contributed by atoms with E-state index < -0.39 is 0 Å². The van der Waals surface area contributed by atoms with Gasteiger partial charge in [-0.3, -0.25) is 9.59 Å². The van der Waals surface area contributed by atoms with E-state index in [0.29, 0.717) is 32.5 Å². The van der Waals surface area contributed by atoms with E-state index in [0.717, 1.165) is 0 Å². The third kappa shape index (κ3) is 3.08. The van der Waals surface area contributed by atoms with Gasteiger partial charge in [-0.1, -0.05) is 6.08 Å². The van der Waals surface area contributed by atoms with E-state index in [1.165, 1.54) is 0 Å². The van der Waals surface area contributed by atoms with Crippen LogP contribution in [0.3, 0.4) is 0 Å². The normalized spacial score (nSPS) is 20.6. The van der Waals surface area contributed by atoms with E-state index in [9.17, 15) is 9.59 Å². The van der Waals surface area contributed by atoms with Crippen molar-refractivity contribution in [2.45, 2.75) is 19.8 Å². The quantitative estimate of drug-likeness (QED) is 0.689. The minimum absolute atomic E-state index is 0.0471. The number of carbonyl (C=O) groups excluding carboxylic acids is 2. The number of amides is 2. The molecule has 1 aliphatic heterocycles. The lowest BCUT2D eigenvalue weighted by atomic mass is 9.97. The van der Waals surface area contributed by atoms with Crippen LogP contribution < -0.4 is 5.32 Å². The van der Waals surface area contributed by atoms with Crippen molar-refractivity contribution in [3.05, 3.63) is 12.7 Å². The molecular weight excluding hydrogens is 192 g/mol. The minimum Gasteiger partial charge on any atom is -0.355 e. The Labute approximate surface area is 90.3 Å². The Hall–Kier alpha value is -1.32. The number of rotatable bonds is 4. The summed E-state index contributed by atoms with van der Waals surface area (Å²) in [7, 11) is 0. The molecule has 1 aliphatic rings. The highest BCUT2D eigenvalue weighted by Gasteiger charge is 2.27. The van der Waals surface area contributed by atoms with Gasteiger partial charge in [-0.2, -0.15) is 0 Å². The van der Waals surface area contributed by atoms with Crippen LogP contribution in [0, 0.1) is 5.92 Å². The lowest BCUT2D eigenvalue weighted by Gasteiger charge is -2.27. The molecule has 84 valence electrons. The summed E-state index contributed by atoms with van der Waals surface area (Å²) in [5.74, 6) is 0.116. The van der Waals surface area contributed by atoms with Crippen molar-refractivity contribution in [2.24, 2.45) is 5.92 Å². The summed E-state index contributed by atoms with van der Waals surface area (Å²) >= 11 is 0. The summed E-state index contributed by atoms with van der Waals surface area (Å²) in [4.78, 5) is 24.7. The molecule has 1 fully saturated rings. The predicted octanol–water partition coefficient (Wildman–Crippen LogP) is 0.547. The molecule has 0 aromatic carbocycles. The Kier molecular flexibility index (Phi) is 4.34. The monoisotopic (exact) mass is 210 g/mol. The number of nitrogens with zero attached hydrogens (tertiary/aromatic N) is 1. The molecule has 0 aromatic rings. The lowest BCUT2D eigenvalue weighted by Crippen LogP contribution is -2.44. The first kappa shape index (κ1) is 11.8. The van der Waals surface area contributed by atoms with Gasteiger partial charge in [-0.15, -0.1) is 6.58 Å². The maximum atomic E-state index is 12.0. The van der Waals surface area contributed by atoms with Crippen LogP contribution in [-0.2, 0) is 9.59 Å². The van der Waals surface area contributed by atoms with Gasteiger partial charge in [-0.05, 0) is 13.3 Å². The van der Waals surface area contributed by atoms with E-state index in [1.807, 2.05) is 6.92 Å². The molecule has 0 radical (unpaired) electrons. The van der Waals surface area contributed by atoms with Gasteiger partial charge in [0.25, 0.3) is 0 Å². The van der Waals surface area contributed by atoms with Gasteiger partial charge in [0.1, 0.15) is 0 Å². The topological polar surface area (TPSA) is 49.4 Å². The molecule has 0 saturated carbocycles. The average Bonchev–Trinajstić information content (AvgIpc) is 2.26. The number of nitrogens with one attached hydrogen (secondary N) is 1. The van der Waals surface area contributed by atoms with Crippen LogP contribution >= 0.6 is 0 Å². The van der Waals surface area contributed by atoms with Gasteiger partial charge in [0, 0.05) is 26.1 Å². The number of carbonyl (C=O) groups is 2. The Balaban J connectivity index is 2.51. The zero-order chi connectivity index (χ0) is 11.3. The van der Waals surface area contributed by atoms with Crippen LogP contribution in [0.4, 0.5) is 0 Å². The van der Waals surface area contributed by atoms with Gasteiger partial charge in [0.15, 0.2) is 0 Å². The molecule has 0 bridgehead atoms. The average molecular weight is 210 g/mol. The Morgan fingerprint density at radius 3 is 2.93 bits per heavy atom. The second kappa shape index (κ2) is 5.53. The number of hydrogen-bond donors (Lipinski definition) is 1. The molecule has 0 spiro atoms. The Morgan fingerprint density at radius 2 is 2.47 bits per heavy atom. The number of piperidine rings is 1. The minimum atomic E-state index is -0.0531. The van der Waals surface area contributed by atoms with Crippen LogP contribution in [0.5, 0.6) is 0 Å². The number of likely N-dealkylation sites (N-methyl/N-ethyl adjacent to an activating group) is 1. The van der Waals surface area contributed by atoms with E-state index >= 15 is 0 Å². The zero-order valence-electron chi connectivity index (χ0n) is 9.16. The van der Waals surface area contributed by atoms with Crippen LogP contribution in [0.15, 0.2) is 12.7 Å². The second-order valence-corrected chi connectivity index (χ2v) is 3.71. The van der Waals surface area contributed by atoms with Gasteiger partial charge >= 0.3 is 0 Å². The summed E-state index contributed by atoms with van der Waals surface area (Å²) in [6.45, 7) is 7.32. The van der Waals surface area contributed by atoms with E-state index in [2.05, 4.69) is 11.9 Å². The molecule has 15 heavy (non-hydrogen) atoms. The summed E-state index contributed by atoms with van der Waals surface area (Å²) in [5.41, 5.74) is 0. The van der Waals surface area contributed by atoms with Crippen molar-refractivity contribution in [1.82, 2.24) is 10.2 Å². The first-order chi connectivity index (χ1) is 7.19. The van der Waals surface area contributed by atoms with Gasteiger partial charge in [-0.25, -0.2) is 0 Å². The Morgan fingerprint density at radius 1 is 1.73 bits per heavy atom. The van der Waals surface area contributed by atoms with Crippen LogP contribution in [0.2, 0.25) is 0 Å². The smallest absolute Gasteiger partial charge is 0.227 e.